The molecule has 0 radical (unpaired) electrons. The number of nitrogens with zero attached hydrogens (tertiary/aromatic N) is 1. The molecule has 0 unspecified atom stereocenters. The molecule has 0 bridgehead atoms. The van der Waals surface area contributed by atoms with Crippen molar-refractivity contribution in [3.05, 3.63) is 96.0 Å². The molecule has 0 aliphatic heterocycles. The van der Waals surface area contributed by atoms with Gasteiger partial charge in [0.1, 0.15) is 17.2 Å². The molecule has 0 spiro atoms. The molecule has 3 aromatic carbocycles. The summed E-state index contributed by atoms with van der Waals surface area (Å²) >= 11 is 4.25. The van der Waals surface area contributed by atoms with Crippen molar-refractivity contribution in [2.75, 3.05) is 16.2 Å². The predicted octanol–water partition coefficient (Wildman–Crippen LogP) is 5.43. The standard InChI is InChI=1S/C24H20FN3O3S/c25-21-7-3-2-6-20(21)23(29)27-17-9-11-18(12-10-17)28(32)24(30)26-14-13-19-15-16-5-1-4-8-22(16)31-19/h1-12,15,32H,13-14H2,(H,26,30)(H,27,29). The summed E-state index contributed by atoms with van der Waals surface area (Å²) in [7, 11) is 0. The van der Waals surface area contributed by atoms with Crippen molar-refractivity contribution in [2.24, 2.45) is 0 Å². The van der Waals surface area contributed by atoms with Crippen LogP contribution in [0.2, 0.25) is 0 Å². The third-order valence-electron chi connectivity index (χ3n) is 4.80. The van der Waals surface area contributed by atoms with Crippen LogP contribution in [-0.4, -0.2) is 18.5 Å². The predicted molar refractivity (Wildman–Crippen MR) is 126 cm³/mol. The Labute approximate surface area is 189 Å². The smallest absolute Gasteiger partial charge is 0.331 e. The van der Waals surface area contributed by atoms with E-state index in [-0.39, 0.29) is 5.56 Å². The van der Waals surface area contributed by atoms with Gasteiger partial charge < -0.3 is 15.1 Å². The zero-order chi connectivity index (χ0) is 22.5. The van der Waals surface area contributed by atoms with E-state index in [0.717, 1.165) is 16.7 Å². The van der Waals surface area contributed by atoms with E-state index in [9.17, 15) is 14.0 Å². The molecule has 0 saturated heterocycles. The molecule has 1 aromatic heterocycles. The average Bonchev–Trinajstić information content (AvgIpc) is 3.22. The normalized spacial score (nSPS) is 10.7. The molecule has 0 saturated carbocycles. The van der Waals surface area contributed by atoms with Crippen LogP contribution < -0.4 is 14.9 Å². The topological polar surface area (TPSA) is 74.6 Å². The number of thiol groups is 1. The summed E-state index contributed by atoms with van der Waals surface area (Å²) in [6.07, 6.45) is 0.545. The van der Waals surface area contributed by atoms with Gasteiger partial charge in [-0.05, 0) is 48.5 Å². The number of anilines is 2. The maximum absolute atomic E-state index is 13.7. The van der Waals surface area contributed by atoms with Gasteiger partial charge in [0.2, 0.25) is 0 Å². The van der Waals surface area contributed by atoms with Crippen molar-refractivity contribution in [2.45, 2.75) is 6.42 Å². The Bertz CT molecular complexity index is 1220. The molecular formula is C24H20FN3O3S. The lowest BCUT2D eigenvalue weighted by Crippen LogP contribution is -2.35. The summed E-state index contributed by atoms with van der Waals surface area (Å²) in [6, 6.07) is 21.5. The average molecular weight is 450 g/mol. The van der Waals surface area contributed by atoms with Gasteiger partial charge in [-0.15, -0.1) is 0 Å². The second kappa shape index (κ2) is 9.57. The molecule has 2 N–H and O–H groups in total. The number of rotatable bonds is 6. The quantitative estimate of drug-likeness (QED) is 0.344. The van der Waals surface area contributed by atoms with Crippen molar-refractivity contribution in [3.63, 3.8) is 0 Å². The zero-order valence-electron chi connectivity index (χ0n) is 16.9. The first-order valence-electron chi connectivity index (χ1n) is 9.91. The number of halogens is 1. The van der Waals surface area contributed by atoms with Gasteiger partial charge in [0, 0.05) is 24.0 Å². The minimum Gasteiger partial charge on any atom is -0.461 e. The highest BCUT2D eigenvalue weighted by Gasteiger charge is 2.14. The number of fused-ring (bicyclic) bond motifs is 1. The van der Waals surface area contributed by atoms with Crippen LogP contribution in [0.3, 0.4) is 0 Å². The van der Waals surface area contributed by atoms with E-state index in [1.54, 1.807) is 30.3 Å². The SMILES string of the molecule is O=C(Nc1ccc(N(S)C(=O)NCCc2cc3ccccc3o2)cc1)c1ccccc1F. The number of urea groups is 1. The van der Waals surface area contributed by atoms with Crippen LogP contribution >= 0.6 is 12.8 Å². The van der Waals surface area contributed by atoms with Gasteiger partial charge in [0.15, 0.2) is 0 Å². The Kier molecular flexibility index (Phi) is 6.42. The van der Waals surface area contributed by atoms with E-state index in [1.807, 2.05) is 30.3 Å². The fourth-order valence-corrected chi connectivity index (χ4v) is 3.38. The first kappa shape index (κ1) is 21.5. The highest BCUT2D eigenvalue weighted by atomic mass is 32.1. The van der Waals surface area contributed by atoms with E-state index in [0.29, 0.717) is 24.3 Å². The van der Waals surface area contributed by atoms with Gasteiger partial charge in [-0.1, -0.05) is 43.1 Å². The van der Waals surface area contributed by atoms with Crippen molar-refractivity contribution < 1.29 is 18.4 Å². The number of para-hydroxylation sites is 1. The molecule has 0 aliphatic rings. The number of hydrogen-bond donors (Lipinski definition) is 3. The van der Waals surface area contributed by atoms with Crippen LogP contribution in [0.4, 0.5) is 20.6 Å². The summed E-state index contributed by atoms with van der Waals surface area (Å²) in [5, 5.41) is 6.43. The molecular weight excluding hydrogens is 429 g/mol. The number of carbonyl (C=O) groups excluding carboxylic acids is 2. The molecule has 162 valence electrons. The van der Waals surface area contributed by atoms with Crippen LogP contribution in [0, 0.1) is 5.82 Å². The Morgan fingerprint density at radius 1 is 0.969 bits per heavy atom. The number of nitrogens with one attached hydrogen (secondary N) is 2. The lowest BCUT2D eigenvalue weighted by atomic mass is 10.2. The maximum Gasteiger partial charge on any atom is 0.331 e. The maximum atomic E-state index is 13.7. The van der Waals surface area contributed by atoms with Crippen LogP contribution in [0.15, 0.2) is 83.3 Å². The van der Waals surface area contributed by atoms with E-state index in [4.69, 9.17) is 4.42 Å². The molecule has 6 nitrogen and oxygen atoms in total. The van der Waals surface area contributed by atoms with Crippen LogP contribution in [0.5, 0.6) is 0 Å². The van der Waals surface area contributed by atoms with Crippen molar-refractivity contribution in [1.29, 1.82) is 0 Å². The molecule has 0 aliphatic carbocycles. The Morgan fingerprint density at radius 2 is 1.69 bits per heavy atom. The Balaban J connectivity index is 1.30. The zero-order valence-corrected chi connectivity index (χ0v) is 17.8. The fraction of sp³-hybridized carbons (Fsp3) is 0.0833. The summed E-state index contributed by atoms with van der Waals surface area (Å²) in [4.78, 5) is 24.6. The minimum atomic E-state index is -0.595. The number of benzene rings is 3. The monoisotopic (exact) mass is 449 g/mol. The fourth-order valence-electron chi connectivity index (χ4n) is 3.17. The highest BCUT2D eigenvalue weighted by molar-refractivity contribution is 7.82. The number of furan rings is 1. The third kappa shape index (κ3) is 4.92. The summed E-state index contributed by atoms with van der Waals surface area (Å²) < 4.78 is 20.6. The van der Waals surface area contributed by atoms with Gasteiger partial charge in [0.25, 0.3) is 5.91 Å². The number of carbonyl (C=O) groups is 2. The van der Waals surface area contributed by atoms with E-state index < -0.39 is 17.8 Å². The molecule has 0 fully saturated rings. The summed E-state index contributed by atoms with van der Waals surface area (Å²) in [6.45, 7) is 0.381. The third-order valence-corrected chi connectivity index (χ3v) is 5.22. The van der Waals surface area contributed by atoms with Gasteiger partial charge in [-0.25, -0.2) is 13.5 Å². The van der Waals surface area contributed by atoms with Crippen LogP contribution in [-0.2, 0) is 6.42 Å². The first-order valence-corrected chi connectivity index (χ1v) is 10.3. The largest absolute Gasteiger partial charge is 0.461 e. The van der Waals surface area contributed by atoms with Gasteiger partial charge in [-0.2, -0.15) is 0 Å². The second-order valence-electron chi connectivity index (χ2n) is 7.03. The van der Waals surface area contributed by atoms with Crippen LogP contribution in [0.1, 0.15) is 16.1 Å². The molecule has 8 heteroatoms. The van der Waals surface area contributed by atoms with Gasteiger partial charge in [-0.3, -0.25) is 4.79 Å². The van der Waals surface area contributed by atoms with Crippen molar-refractivity contribution in [1.82, 2.24) is 5.32 Å². The lowest BCUT2D eigenvalue weighted by molar-refractivity contribution is 0.102. The minimum absolute atomic E-state index is 0.0452. The lowest BCUT2D eigenvalue weighted by Gasteiger charge is -2.17. The van der Waals surface area contributed by atoms with Crippen molar-refractivity contribution >= 4 is 47.1 Å². The molecule has 4 rings (SSSR count). The van der Waals surface area contributed by atoms with E-state index in [2.05, 4.69) is 23.4 Å². The summed E-state index contributed by atoms with van der Waals surface area (Å²) in [5.41, 5.74) is 1.75. The Hall–Kier alpha value is -3.78. The van der Waals surface area contributed by atoms with Gasteiger partial charge in [0.05, 0.1) is 11.3 Å². The molecule has 1 heterocycles. The van der Waals surface area contributed by atoms with Gasteiger partial charge >= 0.3 is 6.03 Å². The van der Waals surface area contributed by atoms with E-state index in [1.165, 1.54) is 22.5 Å². The highest BCUT2D eigenvalue weighted by Crippen LogP contribution is 2.21. The summed E-state index contributed by atoms with van der Waals surface area (Å²) in [5.74, 6) is -0.364. The van der Waals surface area contributed by atoms with E-state index >= 15 is 0 Å². The van der Waals surface area contributed by atoms with Crippen LogP contribution in [0.25, 0.3) is 11.0 Å². The molecule has 0 atom stereocenters. The number of hydrogen-bond acceptors (Lipinski definition) is 4. The van der Waals surface area contributed by atoms with Crippen molar-refractivity contribution in [3.8, 4) is 0 Å². The first-order chi connectivity index (χ1) is 15.5. The molecule has 3 amide bonds. The second-order valence-corrected chi connectivity index (χ2v) is 7.43. The molecule has 32 heavy (non-hydrogen) atoms. The number of amides is 3. The molecule has 4 aromatic rings. The Morgan fingerprint density at radius 3 is 2.44 bits per heavy atom.